The molecular weight excluding hydrogens is 398 g/mol. The molecule has 0 saturated heterocycles. The van der Waals surface area contributed by atoms with Crippen LogP contribution >= 0.6 is 11.3 Å². The summed E-state index contributed by atoms with van der Waals surface area (Å²) in [6.45, 7) is 1.98. The van der Waals surface area contributed by atoms with Crippen LogP contribution in [0.5, 0.6) is 5.75 Å². The van der Waals surface area contributed by atoms with Crippen molar-refractivity contribution < 1.29 is 14.3 Å². The number of fused-ring (bicyclic) bond motifs is 1. The number of anilines is 2. The van der Waals surface area contributed by atoms with Crippen molar-refractivity contribution in [3.8, 4) is 5.75 Å². The molecule has 2 aromatic carbocycles. The number of ether oxygens (including phenoxy) is 1. The monoisotopic (exact) mass is 421 g/mol. The van der Waals surface area contributed by atoms with Crippen molar-refractivity contribution in [2.75, 3.05) is 17.7 Å². The van der Waals surface area contributed by atoms with Gasteiger partial charge in [-0.25, -0.2) is 4.98 Å². The lowest BCUT2D eigenvalue weighted by atomic mass is 9.90. The van der Waals surface area contributed by atoms with Gasteiger partial charge in [-0.1, -0.05) is 29.8 Å². The van der Waals surface area contributed by atoms with E-state index in [0.717, 1.165) is 35.4 Å². The average molecular weight is 422 g/mol. The maximum atomic E-state index is 13.0. The van der Waals surface area contributed by atoms with Crippen LogP contribution in [0.4, 0.5) is 10.8 Å². The second-order valence-corrected chi connectivity index (χ2v) is 8.37. The molecule has 7 heteroatoms. The standard InChI is InChI=1S/C23H23N3O3S/c1-14-10-12-15(13-11-14)21(27)26-23-25-20-16(6-5-9-19(20)30-23)22(28)24-17-7-3-4-8-18(17)29-2/h3-4,7-8,10-13,16H,5-6,9H2,1-2H3,(H,24,28)(H,25,26,27). The molecule has 3 aromatic rings. The first-order chi connectivity index (χ1) is 14.5. The van der Waals surface area contributed by atoms with Gasteiger partial charge in [0, 0.05) is 10.4 Å². The molecule has 0 radical (unpaired) electrons. The van der Waals surface area contributed by atoms with Crippen LogP contribution in [0.2, 0.25) is 0 Å². The summed E-state index contributed by atoms with van der Waals surface area (Å²) >= 11 is 1.45. The number of hydrogen-bond acceptors (Lipinski definition) is 5. The lowest BCUT2D eigenvalue weighted by Gasteiger charge is -2.21. The number of aryl methyl sites for hydroxylation is 2. The van der Waals surface area contributed by atoms with Crippen LogP contribution in [-0.4, -0.2) is 23.9 Å². The highest BCUT2D eigenvalue weighted by Gasteiger charge is 2.31. The molecule has 2 amide bonds. The van der Waals surface area contributed by atoms with Crippen molar-refractivity contribution in [2.24, 2.45) is 0 Å². The number of thiazole rings is 1. The SMILES string of the molecule is COc1ccccc1NC(=O)C1CCCc2sc(NC(=O)c3ccc(C)cc3)nc21. The number of hydrogen-bond donors (Lipinski definition) is 2. The Morgan fingerprint density at radius 1 is 1.10 bits per heavy atom. The van der Waals surface area contributed by atoms with E-state index in [0.29, 0.717) is 22.1 Å². The number of aromatic nitrogens is 1. The normalized spacial score (nSPS) is 15.2. The van der Waals surface area contributed by atoms with Crippen LogP contribution in [0.25, 0.3) is 0 Å². The first-order valence-electron chi connectivity index (χ1n) is 9.86. The lowest BCUT2D eigenvalue weighted by Crippen LogP contribution is -2.24. The molecule has 30 heavy (non-hydrogen) atoms. The highest BCUT2D eigenvalue weighted by atomic mass is 32.1. The van der Waals surface area contributed by atoms with Crippen molar-refractivity contribution in [2.45, 2.75) is 32.1 Å². The molecule has 1 atom stereocenters. The highest BCUT2D eigenvalue weighted by Crippen LogP contribution is 2.38. The molecule has 1 heterocycles. The third kappa shape index (κ3) is 4.21. The van der Waals surface area contributed by atoms with E-state index >= 15 is 0 Å². The Balaban J connectivity index is 1.51. The lowest BCUT2D eigenvalue weighted by molar-refractivity contribution is -0.118. The van der Waals surface area contributed by atoms with E-state index in [1.807, 2.05) is 43.3 Å². The number of methoxy groups -OCH3 is 1. The Hall–Kier alpha value is -3.19. The summed E-state index contributed by atoms with van der Waals surface area (Å²) in [6.07, 6.45) is 2.50. The van der Waals surface area contributed by atoms with Crippen LogP contribution in [0.3, 0.4) is 0 Å². The maximum Gasteiger partial charge on any atom is 0.257 e. The number of para-hydroxylation sites is 2. The highest BCUT2D eigenvalue weighted by molar-refractivity contribution is 7.16. The molecule has 1 aliphatic carbocycles. The quantitative estimate of drug-likeness (QED) is 0.622. The van der Waals surface area contributed by atoms with Gasteiger partial charge in [-0.05, 0) is 50.5 Å². The second kappa shape index (κ2) is 8.67. The Morgan fingerprint density at radius 3 is 2.63 bits per heavy atom. The van der Waals surface area contributed by atoms with Crippen LogP contribution in [0.1, 0.15) is 45.3 Å². The smallest absolute Gasteiger partial charge is 0.257 e. The van der Waals surface area contributed by atoms with Gasteiger partial charge in [-0.15, -0.1) is 11.3 Å². The van der Waals surface area contributed by atoms with E-state index in [-0.39, 0.29) is 17.7 Å². The molecule has 1 aliphatic rings. The summed E-state index contributed by atoms with van der Waals surface area (Å²) in [5, 5.41) is 6.38. The van der Waals surface area contributed by atoms with Gasteiger partial charge < -0.3 is 10.1 Å². The van der Waals surface area contributed by atoms with Gasteiger partial charge in [0.05, 0.1) is 24.4 Å². The first-order valence-corrected chi connectivity index (χ1v) is 10.7. The van der Waals surface area contributed by atoms with Crippen molar-refractivity contribution in [1.82, 2.24) is 4.98 Å². The zero-order valence-electron chi connectivity index (χ0n) is 16.9. The predicted octanol–water partition coefficient (Wildman–Crippen LogP) is 4.77. The van der Waals surface area contributed by atoms with Gasteiger partial charge in [-0.2, -0.15) is 0 Å². The van der Waals surface area contributed by atoms with Crippen LogP contribution in [0.15, 0.2) is 48.5 Å². The largest absolute Gasteiger partial charge is 0.495 e. The van der Waals surface area contributed by atoms with Crippen LogP contribution in [-0.2, 0) is 11.2 Å². The Labute approximate surface area is 179 Å². The first kappa shape index (κ1) is 20.1. The van der Waals surface area contributed by atoms with Crippen molar-refractivity contribution >= 4 is 34.0 Å². The van der Waals surface area contributed by atoms with Gasteiger partial charge in [0.25, 0.3) is 5.91 Å². The minimum atomic E-state index is -0.347. The molecule has 6 nitrogen and oxygen atoms in total. The number of benzene rings is 2. The average Bonchev–Trinajstić information content (AvgIpc) is 3.16. The van der Waals surface area contributed by atoms with Crippen molar-refractivity contribution in [3.05, 3.63) is 70.2 Å². The van der Waals surface area contributed by atoms with Crippen molar-refractivity contribution in [3.63, 3.8) is 0 Å². The molecule has 0 aliphatic heterocycles. The zero-order chi connectivity index (χ0) is 21.1. The summed E-state index contributed by atoms with van der Waals surface area (Å²) in [5.41, 5.74) is 3.08. The number of carbonyl (C=O) groups excluding carboxylic acids is 2. The van der Waals surface area contributed by atoms with E-state index in [1.54, 1.807) is 19.2 Å². The van der Waals surface area contributed by atoms with Gasteiger partial charge in [0.2, 0.25) is 5.91 Å². The topological polar surface area (TPSA) is 80.3 Å². The van der Waals surface area contributed by atoms with Crippen LogP contribution in [0, 0.1) is 6.92 Å². The molecule has 2 N–H and O–H groups in total. The molecule has 1 unspecified atom stereocenters. The molecule has 0 saturated carbocycles. The fourth-order valence-corrected chi connectivity index (χ4v) is 4.63. The summed E-state index contributed by atoms with van der Waals surface area (Å²) < 4.78 is 5.32. The third-order valence-corrected chi connectivity index (χ3v) is 6.22. The minimum absolute atomic E-state index is 0.109. The fourth-order valence-electron chi connectivity index (χ4n) is 3.57. The molecule has 0 fully saturated rings. The molecule has 0 spiro atoms. The Morgan fingerprint density at radius 2 is 1.87 bits per heavy atom. The summed E-state index contributed by atoms with van der Waals surface area (Å²) in [6, 6.07) is 14.7. The minimum Gasteiger partial charge on any atom is -0.495 e. The molecule has 1 aromatic heterocycles. The third-order valence-electron chi connectivity index (χ3n) is 5.17. The van der Waals surface area contributed by atoms with E-state index in [1.165, 1.54) is 11.3 Å². The number of nitrogens with one attached hydrogen (secondary N) is 2. The molecular formula is C23H23N3O3S. The number of amides is 2. The Bertz CT molecular complexity index is 1080. The second-order valence-electron chi connectivity index (χ2n) is 7.28. The van der Waals surface area contributed by atoms with Crippen molar-refractivity contribution in [1.29, 1.82) is 0 Å². The van der Waals surface area contributed by atoms with Gasteiger partial charge >= 0.3 is 0 Å². The fraction of sp³-hybridized carbons (Fsp3) is 0.261. The molecule has 4 rings (SSSR count). The van der Waals surface area contributed by atoms with E-state index < -0.39 is 0 Å². The number of nitrogens with zero attached hydrogens (tertiary/aromatic N) is 1. The summed E-state index contributed by atoms with van der Waals surface area (Å²) in [4.78, 5) is 31.2. The van der Waals surface area contributed by atoms with Gasteiger partial charge in [0.1, 0.15) is 5.75 Å². The van der Waals surface area contributed by atoms with E-state index in [4.69, 9.17) is 4.74 Å². The Kier molecular flexibility index (Phi) is 5.81. The van der Waals surface area contributed by atoms with E-state index in [9.17, 15) is 9.59 Å². The summed E-state index contributed by atoms with van der Waals surface area (Å²) in [7, 11) is 1.58. The molecule has 0 bridgehead atoms. The zero-order valence-corrected chi connectivity index (χ0v) is 17.7. The predicted molar refractivity (Wildman–Crippen MR) is 119 cm³/mol. The van der Waals surface area contributed by atoms with Gasteiger partial charge in [-0.3, -0.25) is 14.9 Å². The number of carbonyl (C=O) groups is 2. The number of rotatable bonds is 5. The van der Waals surface area contributed by atoms with Gasteiger partial charge in [0.15, 0.2) is 5.13 Å². The van der Waals surface area contributed by atoms with E-state index in [2.05, 4.69) is 15.6 Å². The maximum absolute atomic E-state index is 13.0. The summed E-state index contributed by atoms with van der Waals surface area (Å²) in [5.74, 6) is -0.0376. The van der Waals surface area contributed by atoms with Crippen LogP contribution < -0.4 is 15.4 Å². The molecule has 154 valence electrons.